The summed E-state index contributed by atoms with van der Waals surface area (Å²) in [5, 5.41) is 22.6. The number of carbonyl (C=O) groups is 3. The molecule has 0 saturated carbocycles. The molecule has 0 aliphatic heterocycles. The lowest BCUT2D eigenvalue weighted by molar-refractivity contribution is -0.200. The fourth-order valence-corrected chi connectivity index (χ4v) is 4.20. The second kappa shape index (κ2) is 18.5. The summed E-state index contributed by atoms with van der Waals surface area (Å²) in [4.78, 5) is 39.5. The Bertz CT molecular complexity index is 869. The molecule has 3 atom stereocenters. The average Bonchev–Trinajstić information content (AvgIpc) is 2.79. The standard InChI is InChI=1S/C34H60O8/c1-11-12-13-14-15-16-17-18-19-20-21-22-23-26(35)24-27(29(37)41-32(5,6)7)34(39,30(38)42-33(8,9)10)25-28(36)40-31(2,3)4/h18-19,22-23,26-27,35,39H,11-17,20-21,24-25H2,1-10H3/b19-18-,23-22+/t26-,27+,34-/m1/s1. The molecule has 0 amide bonds. The van der Waals surface area contributed by atoms with Crippen LogP contribution in [0.25, 0.3) is 0 Å². The van der Waals surface area contributed by atoms with Crippen LogP contribution in [0.3, 0.4) is 0 Å². The summed E-state index contributed by atoms with van der Waals surface area (Å²) in [7, 11) is 0. The van der Waals surface area contributed by atoms with Crippen LogP contribution < -0.4 is 0 Å². The molecule has 0 unspecified atom stereocenters. The third kappa shape index (κ3) is 19.1. The monoisotopic (exact) mass is 596 g/mol. The van der Waals surface area contributed by atoms with Crippen molar-refractivity contribution < 1.29 is 38.8 Å². The van der Waals surface area contributed by atoms with Gasteiger partial charge in [-0.2, -0.15) is 0 Å². The summed E-state index contributed by atoms with van der Waals surface area (Å²) in [5.74, 6) is -4.58. The highest BCUT2D eigenvalue weighted by molar-refractivity contribution is 5.92. The second-order valence-corrected chi connectivity index (χ2v) is 14.1. The Hall–Kier alpha value is -2.19. The third-order valence-electron chi connectivity index (χ3n) is 6.08. The van der Waals surface area contributed by atoms with Crippen molar-refractivity contribution in [1.82, 2.24) is 0 Å². The SMILES string of the molecule is CCCCCCCC/C=C\CC/C=C/[C@@H](O)C[C@@H](C(=O)OC(C)(C)C)[C@](O)(CC(=O)OC(C)(C)C)C(=O)OC(C)(C)C. The number of aliphatic hydroxyl groups excluding tert-OH is 1. The van der Waals surface area contributed by atoms with Gasteiger partial charge in [-0.25, -0.2) is 4.79 Å². The number of esters is 3. The van der Waals surface area contributed by atoms with Crippen LogP contribution in [0.2, 0.25) is 0 Å². The zero-order chi connectivity index (χ0) is 32.6. The molecule has 0 fully saturated rings. The lowest BCUT2D eigenvalue weighted by Gasteiger charge is -2.36. The fourth-order valence-electron chi connectivity index (χ4n) is 4.20. The Morgan fingerprint density at radius 1 is 0.690 bits per heavy atom. The molecule has 0 bridgehead atoms. The zero-order valence-electron chi connectivity index (χ0n) is 28.1. The highest BCUT2D eigenvalue weighted by Crippen LogP contribution is 2.33. The number of hydrogen-bond acceptors (Lipinski definition) is 8. The molecular formula is C34H60O8. The molecule has 0 aromatic rings. The van der Waals surface area contributed by atoms with Gasteiger partial charge in [0.25, 0.3) is 0 Å². The Morgan fingerprint density at radius 3 is 1.74 bits per heavy atom. The average molecular weight is 597 g/mol. The Kier molecular flexibility index (Phi) is 17.5. The lowest BCUT2D eigenvalue weighted by atomic mass is 9.80. The van der Waals surface area contributed by atoms with Crippen molar-refractivity contribution in [3.63, 3.8) is 0 Å². The molecule has 244 valence electrons. The van der Waals surface area contributed by atoms with E-state index in [1.165, 1.54) is 44.6 Å². The number of allylic oxidation sites excluding steroid dienone is 3. The molecule has 0 heterocycles. The van der Waals surface area contributed by atoms with Crippen molar-refractivity contribution in [1.29, 1.82) is 0 Å². The first-order chi connectivity index (χ1) is 19.2. The Labute approximate surface area is 255 Å². The maximum atomic E-state index is 13.4. The number of hydrogen-bond donors (Lipinski definition) is 2. The van der Waals surface area contributed by atoms with E-state index in [1.54, 1.807) is 68.4 Å². The van der Waals surface area contributed by atoms with Gasteiger partial charge in [0, 0.05) is 0 Å². The van der Waals surface area contributed by atoms with Gasteiger partial charge in [0.05, 0.1) is 18.4 Å². The van der Waals surface area contributed by atoms with Gasteiger partial charge in [-0.15, -0.1) is 0 Å². The van der Waals surface area contributed by atoms with Gasteiger partial charge in [0.15, 0.2) is 5.60 Å². The van der Waals surface area contributed by atoms with E-state index >= 15 is 0 Å². The van der Waals surface area contributed by atoms with Crippen molar-refractivity contribution in [2.45, 2.75) is 168 Å². The van der Waals surface area contributed by atoms with Crippen molar-refractivity contribution in [3.8, 4) is 0 Å². The lowest BCUT2D eigenvalue weighted by Crippen LogP contribution is -2.55. The van der Waals surface area contributed by atoms with E-state index in [-0.39, 0.29) is 6.42 Å². The molecule has 0 aliphatic rings. The Morgan fingerprint density at radius 2 is 1.19 bits per heavy atom. The van der Waals surface area contributed by atoms with Crippen LogP contribution in [0, 0.1) is 5.92 Å². The van der Waals surface area contributed by atoms with Gasteiger partial charge >= 0.3 is 17.9 Å². The van der Waals surface area contributed by atoms with Gasteiger partial charge in [-0.05, 0) is 94.4 Å². The molecule has 0 aliphatic carbocycles. The van der Waals surface area contributed by atoms with Gasteiger partial charge in [-0.3, -0.25) is 9.59 Å². The van der Waals surface area contributed by atoms with E-state index in [0.717, 1.165) is 12.8 Å². The van der Waals surface area contributed by atoms with Gasteiger partial charge < -0.3 is 24.4 Å². The first-order valence-electron chi connectivity index (χ1n) is 15.6. The maximum Gasteiger partial charge on any atom is 0.340 e. The van der Waals surface area contributed by atoms with Gasteiger partial charge in [0.1, 0.15) is 16.8 Å². The van der Waals surface area contributed by atoms with Gasteiger partial charge in [-0.1, -0.05) is 63.3 Å². The van der Waals surface area contributed by atoms with E-state index in [1.807, 2.05) is 0 Å². The summed E-state index contributed by atoms with van der Waals surface area (Å²) >= 11 is 0. The molecule has 0 saturated heterocycles. The molecule has 8 heteroatoms. The fraction of sp³-hybridized carbons (Fsp3) is 0.794. The van der Waals surface area contributed by atoms with Crippen LogP contribution in [-0.4, -0.2) is 56.6 Å². The van der Waals surface area contributed by atoms with E-state index in [2.05, 4.69) is 19.1 Å². The van der Waals surface area contributed by atoms with E-state index in [4.69, 9.17) is 14.2 Å². The Balaban J connectivity index is 5.67. The number of rotatable bonds is 18. The largest absolute Gasteiger partial charge is 0.460 e. The first-order valence-corrected chi connectivity index (χ1v) is 15.6. The number of aliphatic hydroxyl groups is 2. The predicted octanol–water partition coefficient (Wildman–Crippen LogP) is 7.14. The molecule has 0 radical (unpaired) electrons. The molecule has 0 spiro atoms. The van der Waals surface area contributed by atoms with Crippen LogP contribution >= 0.6 is 0 Å². The second-order valence-electron chi connectivity index (χ2n) is 14.1. The van der Waals surface area contributed by atoms with Crippen molar-refractivity contribution in [3.05, 3.63) is 24.3 Å². The summed E-state index contributed by atoms with van der Waals surface area (Å²) < 4.78 is 16.3. The zero-order valence-corrected chi connectivity index (χ0v) is 28.1. The predicted molar refractivity (Wildman–Crippen MR) is 167 cm³/mol. The smallest absolute Gasteiger partial charge is 0.340 e. The summed E-state index contributed by atoms with van der Waals surface area (Å²) in [6.45, 7) is 17.0. The molecule has 0 aromatic carbocycles. The van der Waals surface area contributed by atoms with Crippen molar-refractivity contribution >= 4 is 17.9 Å². The van der Waals surface area contributed by atoms with Crippen LogP contribution in [0.5, 0.6) is 0 Å². The minimum atomic E-state index is -2.63. The molecule has 0 rings (SSSR count). The molecule has 2 N–H and O–H groups in total. The summed E-state index contributed by atoms with van der Waals surface area (Å²) in [6.07, 6.45) is 15.3. The summed E-state index contributed by atoms with van der Waals surface area (Å²) in [6, 6.07) is 0. The van der Waals surface area contributed by atoms with E-state index in [9.17, 15) is 24.6 Å². The van der Waals surface area contributed by atoms with Gasteiger partial charge in [0.2, 0.25) is 0 Å². The number of carbonyl (C=O) groups excluding carboxylic acids is 3. The summed E-state index contributed by atoms with van der Waals surface area (Å²) in [5.41, 5.74) is -5.48. The van der Waals surface area contributed by atoms with Crippen LogP contribution in [0.15, 0.2) is 24.3 Å². The quantitative estimate of drug-likeness (QED) is 0.0741. The number of ether oxygens (including phenoxy) is 3. The third-order valence-corrected chi connectivity index (χ3v) is 6.08. The molecule has 0 aromatic heterocycles. The molecular weight excluding hydrogens is 536 g/mol. The topological polar surface area (TPSA) is 119 Å². The van der Waals surface area contributed by atoms with Crippen molar-refractivity contribution in [2.75, 3.05) is 0 Å². The molecule has 42 heavy (non-hydrogen) atoms. The van der Waals surface area contributed by atoms with Crippen LogP contribution in [0.1, 0.15) is 140 Å². The normalized spacial score (nSPS) is 15.8. The van der Waals surface area contributed by atoms with E-state index < -0.39 is 58.8 Å². The van der Waals surface area contributed by atoms with Crippen LogP contribution in [-0.2, 0) is 28.6 Å². The molecule has 8 nitrogen and oxygen atoms in total. The minimum absolute atomic E-state index is 0.363. The number of unbranched alkanes of at least 4 members (excludes halogenated alkanes) is 7. The highest BCUT2D eigenvalue weighted by Gasteiger charge is 2.54. The first kappa shape index (κ1) is 39.8. The van der Waals surface area contributed by atoms with Crippen molar-refractivity contribution in [2.24, 2.45) is 5.92 Å². The highest BCUT2D eigenvalue weighted by atomic mass is 16.6. The van der Waals surface area contributed by atoms with Crippen LogP contribution in [0.4, 0.5) is 0 Å². The minimum Gasteiger partial charge on any atom is -0.460 e. The maximum absolute atomic E-state index is 13.4. The van der Waals surface area contributed by atoms with E-state index in [0.29, 0.717) is 6.42 Å².